The summed E-state index contributed by atoms with van der Waals surface area (Å²) in [4.78, 5) is 11.6. The van der Waals surface area contributed by atoms with Crippen LogP contribution in [-0.2, 0) is 9.16 Å². The van der Waals surface area contributed by atoms with Crippen molar-refractivity contribution in [2.75, 3.05) is 13.2 Å². The molecular weight excluding hydrogens is 339 g/mol. The number of halogens is 5. The second kappa shape index (κ2) is 7.87. The van der Waals surface area contributed by atoms with Crippen LogP contribution in [0.4, 0.5) is 22.0 Å². The van der Waals surface area contributed by atoms with Crippen molar-refractivity contribution in [3.63, 3.8) is 0 Å². The van der Waals surface area contributed by atoms with Crippen LogP contribution in [0.2, 0.25) is 19.1 Å². The third-order valence-electron chi connectivity index (χ3n) is 3.11. The third kappa shape index (κ3) is 4.74. The monoisotopic (exact) mass is 356 g/mol. The normalized spacial score (nSPS) is 11.7. The number of hydrogen-bond donors (Lipinski definition) is 0. The number of hydrogen-bond acceptors (Lipinski definition) is 3. The first-order valence-corrected chi connectivity index (χ1v) is 10.1. The Morgan fingerprint density at radius 1 is 0.957 bits per heavy atom. The van der Waals surface area contributed by atoms with Gasteiger partial charge in [0.05, 0.1) is 6.61 Å². The van der Waals surface area contributed by atoms with Crippen molar-refractivity contribution in [1.82, 2.24) is 0 Å². The Labute approximate surface area is 131 Å². The molecular formula is C14H17F5O3Si. The van der Waals surface area contributed by atoms with Crippen LogP contribution in [0, 0.1) is 29.1 Å². The summed E-state index contributed by atoms with van der Waals surface area (Å²) < 4.78 is 75.9. The fourth-order valence-electron chi connectivity index (χ4n) is 1.98. The van der Waals surface area contributed by atoms with Crippen LogP contribution in [0.1, 0.15) is 23.7 Å². The summed E-state index contributed by atoms with van der Waals surface area (Å²) in [6, 6.07) is 0.616. The molecule has 9 heteroatoms. The van der Waals surface area contributed by atoms with Crippen LogP contribution in [0.3, 0.4) is 0 Å². The molecule has 0 aliphatic carbocycles. The molecule has 0 aliphatic heterocycles. The van der Waals surface area contributed by atoms with E-state index in [1.807, 2.05) is 20.0 Å². The second-order valence-electron chi connectivity index (χ2n) is 5.38. The van der Waals surface area contributed by atoms with Gasteiger partial charge in [0.15, 0.2) is 31.6 Å². The maximum Gasteiger partial charge on any atom is 0.344 e. The zero-order chi connectivity index (χ0) is 17.8. The topological polar surface area (TPSA) is 35.5 Å². The van der Waals surface area contributed by atoms with Gasteiger partial charge in [0.1, 0.15) is 5.56 Å². The molecule has 0 unspecified atom stereocenters. The Bertz CT molecular complexity index is 563. The molecule has 0 saturated heterocycles. The average molecular weight is 356 g/mol. The minimum atomic E-state index is -2.32. The molecule has 0 spiro atoms. The Hall–Kier alpha value is -1.48. The van der Waals surface area contributed by atoms with Gasteiger partial charge in [0.25, 0.3) is 0 Å². The van der Waals surface area contributed by atoms with Gasteiger partial charge in [0.2, 0.25) is 5.82 Å². The predicted molar refractivity (Wildman–Crippen MR) is 75.0 cm³/mol. The molecule has 1 rings (SSSR count). The number of carbonyl (C=O) groups excluding carboxylic acids is 1. The van der Waals surface area contributed by atoms with E-state index in [0.29, 0.717) is 19.1 Å². The van der Waals surface area contributed by atoms with E-state index in [1.165, 1.54) is 0 Å². The highest BCUT2D eigenvalue weighted by atomic mass is 28.4. The summed E-state index contributed by atoms with van der Waals surface area (Å²) >= 11 is 0. The predicted octanol–water partition coefficient (Wildman–Crippen LogP) is 4.17. The standard InChI is InChI=1S/C14H17F5O3Si/c1-4-22-23(2,3)7-5-6-21-14(20)8-9(15)11(17)13(19)12(18)10(8)16/h4-7H2,1-3H3. The minimum Gasteiger partial charge on any atom is -0.462 e. The van der Waals surface area contributed by atoms with Gasteiger partial charge in [-0.3, -0.25) is 0 Å². The van der Waals surface area contributed by atoms with Gasteiger partial charge in [-0.2, -0.15) is 0 Å². The highest BCUT2D eigenvalue weighted by molar-refractivity contribution is 6.71. The lowest BCUT2D eigenvalue weighted by molar-refractivity contribution is 0.0488. The highest BCUT2D eigenvalue weighted by Gasteiger charge is 2.30. The Balaban J connectivity index is 2.74. The van der Waals surface area contributed by atoms with Gasteiger partial charge < -0.3 is 9.16 Å². The molecule has 23 heavy (non-hydrogen) atoms. The van der Waals surface area contributed by atoms with E-state index in [0.717, 1.165) is 0 Å². The molecule has 0 aromatic heterocycles. The summed E-state index contributed by atoms with van der Waals surface area (Å²) in [7, 11) is -1.91. The van der Waals surface area contributed by atoms with Crippen molar-refractivity contribution in [2.24, 2.45) is 0 Å². The quantitative estimate of drug-likeness (QED) is 0.184. The zero-order valence-electron chi connectivity index (χ0n) is 12.9. The molecule has 1 aromatic rings. The number of benzene rings is 1. The minimum absolute atomic E-state index is 0.207. The number of rotatable bonds is 7. The Morgan fingerprint density at radius 3 is 1.91 bits per heavy atom. The Kier molecular flexibility index (Phi) is 6.69. The van der Waals surface area contributed by atoms with Crippen molar-refractivity contribution >= 4 is 14.3 Å². The van der Waals surface area contributed by atoms with Crippen molar-refractivity contribution in [2.45, 2.75) is 32.5 Å². The molecule has 0 atom stereocenters. The molecule has 0 amide bonds. The number of esters is 1. The summed E-state index contributed by atoms with van der Waals surface area (Å²) in [5, 5.41) is 0. The molecule has 0 bridgehead atoms. The first kappa shape index (κ1) is 19.6. The molecule has 0 N–H and O–H groups in total. The maximum absolute atomic E-state index is 13.4. The van der Waals surface area contributed by atoms with Crippen LogP contribution in [0.15, 0.2) is 0 Å². The van der Waals surface area contributed by atoms with Crippen molar-refractivity contribution in [1.29, 1.82) is 0 Å². The second-order valence-corrected chi connectivity index (χ2v) is 9.69. The Morgan fingerprint density at radius 2 is 1.43 bits per heavy atom. The van der Waals surface area contributed by atoms with E-state index in [9.17, 15) is 26.7 Å². The average Bonchev–Trinajstić information content (AvgIpc) is 2.47. The maximum atomic E-state index is 13.4. The van der Waals surface area contributed by atoms with Gasteiger partial charge in [0, 0.05) is 6.61 Å². The molecule has 130 valence electrons. The number of ether oxygens (including phenoxy) is 1. The molecule has 1 aromatic carbocycles. The van der Waals surface area contributed by atoms with Gasteiger partial charge in [-0.1, -0.05) is 0 Å². The summed E-state index contributed by atoms with van der Waals surface area (Å²) in [5.41, 5.74) is -1.58. The van der Waals surface area contributed by atoms with Crippen LogP contribution >= 0.6 is 0 Å². The van der Waals surface area contributed by atoms with E-state index in [2.05, 4.69) is 4.74 Å². The highest BCUT2D eigenvalue weighted by Crippen LogP contribution is 2.24. The van der Waals surface area contributed by atoms with Gasteiger partial charge in [-0.15, -0.1) is 0 Å². The SMILES string of the molecule is CCO[Si](C)(C)CCCOC(=O)c1c(F)c(F)c(F)c(F)c1F. The van der Waals surface area contributed by atoms with E-state index >= 15 is 0 Å². The van der Waals surface area contributed by atoms with Crippen LogP contribution in [0.25, 0.3) is 0 Å². The molecule has 0 radical (unpaired) electrons. The fraction of sp³-hybridized carbons (Fsp3) is 0.500. The molecule has 0 fully saturated rings. The lowest BCUT2D eigenvalue weighted by Crippen LogP contribution is -2.30. The van der Waals surface area contributed by atoms with Gasteiger partial charge in [-0.25, -0.2) is 26.7 Å². The summed E-state index contributed by atoms with van der Waals surface area (Å²) in [6.45, 7) is 6.08. The smallest absolute Gasteiger partial charge is 0.344 e. The fourth-order valence-corrected chi connectivity index (χ4v) is 3.90. The lowest BCUT2D eigenvalue weighted by Gasteiger charge is -2.21. The lowest BCUT2D eigenvalue weighted by atomic mass is 10.1. The van der Waals surface area contributed by atoms with Crippen LogP contribution < -0.4 is 0 Å². The van der Waals surface area contributed by atoms with Crippen molar-refractivity contribution in [3.05, 3.63) is 34.6 Å². The summed E-state index contributed by atoms with van der Waals surface area (Å²) in [5.74, 6) is -12.7. The van der Waals surface area contributed by atoms with E-state index in [-0.39, 0.29) is 6.61 Å². The van der Waals surface area contributed by atoms with Crippen LogP contribution in [-0.4, -0.2) is 27.5 Å². The summed E-state index contributed by atoms with van der Waals surface area (Å²) in [6.07, 6.45) is 0.361. The van der Waals surface area contributed by atoms with E-state index in [1.54, 1.807) is 0 Å². The van der Waals surface area contributed by atoms with E-state index in [4.69, 9.17) is 4.43 Å². The first-order chi connectivity index (χ1) is 10.6. The van der Waals surface area contributed by atoms with Crippen molar-refractivity contribution in [3.8, 4) is 0 Å². The molecule has 0 aliphatic rings. The third-order valence-corrected chi connectivity index (χ3v) is 5.73. The van der Waals surface area contributed by atoms with E-state index < -0.39 is 48.9 Å². The van der Waals surface area contributed by atoms with Gasteiger partial charge in [-0.05, 0) is 32.5 Å². The zero-order valence-corrected chi connectivity index (χ0v) is 13.9. The van der Waals surface area contributed by atoms with Gasteiger partial charge >= 0.3 is 5.97 Å². The van der Waals surface area contributed by atoms with Crippen molar-refractivity contribution < 1.29 is 35.9 Å². The molecule has 0 saturated carbocycles. The van der Waals surface area contributed by atoms with Crippen LogP contribution in [0.5, 0.6) is 0 Å². The molecule has 3 nitrogen and oxygen atoms in total. The number of carbonyl (C=O) groups is 1. The largest absolute Gasteiger partial charge is 0.462 e. The first-order valence-electron chi connectivity index (χ1n) is 6.95. The molecule has 0 heterocycles.